The molecule has 0 spiro atoms. The van der Waals surface area contributed by atoms with Gasteiger partial charge in [0.1, 0.15) is 0 Å². The molecule has 2 rings (SSSR count). The van der Waals surface area contributed by atoms with Crippen LogP contribution in [0.5, 0.6) is 0 Å². The summed E-state index contributed by atoms with van der Waals surface area (Å²) in [6, 6.07) is 5.39. The lowest BCUT2D eigenvalue weighted by Gasteiger charge is -2.13. The number of aromatic nitrogens is 1. The maximum absolute atomic E-state index is 11.8. The van der Waals surface area contributed by atoms with E-state index in [0.717, 1.165) is 76.6 Å². The highest BCUT2D eigenvalue weighted by atomic mass is 127. The van der Waals surface area contributed by atoms with Crippen LogP contribution in [0.4, 0.5) is 0 Å². The molecule has 0 aromatic carbocycles. The fourth-order valence-corrected chi connectivity index (χ4v) is 3.10. The lowest BCUT2D eigenvalue weighted by Crippen LogP contribution is -2.38. The van der Waals surface area contributed by atoms with Crippen molar-refractivity contribution in [2.45, 2.75) is 51.7 Å². The van der Waals surface area contributed by atoms with Crippen LogP contribution in [0.2, 0.25) is 0 Å². The number of nitrogens with one attached hydrogen (secondary N) is 2. The monoisotopic (exact) mass is 506 g/mol. The average molecular weight is 506 g/mol. The van der Waals surface area contributed by atoms with Crippen LogP contribution < -0.4 is 16.2 Å². The maximum Gasteiger partial charge on any atom is 0.250 e. The lowest BCUT2D eigenvalue weighted by atomic mass is 10.2. The molecule has 7 nitrogen and oxygen atoms in total. The molecule has 8 heteroatoms. The molecule has 1 saturated heterocycles. The van der Waals surface area contributed by atoms with Crippen molar-refractivity contribution >= 4 is 29.9 Å². The third-order valence-electron chi connectivity index (χ3n) is 4.68. The van der Waals surface area contributed by atoms with E-state index < -0.39 is 0 Å². The van der Waals surface area contributed by atoms with Crippen LogP contribution in [0.15, 0.2) is 28.0 Å². The highest BCUT2D eigenvalue weighted by molar-refractivity contribution is 14.0. The Kier molecular flexibility index (Phi) is 13.2. The SMILES string of the molecule is CN=C(NCCCCn1c(C)cccc1=O)NCCCOCC1CCCO1.I. The van der Waals surface area contributed by atoms with E-state index in [0.29, 0.717) is 12.7 Å². The third-order valence-corrected chi connectivity index (χ3v) is 4.68. The molecular formula is C20H35IN4O3. The number of halogens is 1. The molecule has 1 fully saturated rings. The summed E-state index contributed by atoms with van der Waals surface area (Å²) >= 11 is 0. The largest absolute Gasteiger partial charge is 0.379 e. The first-order chi connectivity index (χ1) is 13.2. The van der Waals surface area contributed by atoms with Crippen LogP contribution in [0.1, 0.15) is 37.8 Å². The van der Waals surface area contributed by atoms with Gasteiger partial charge in [-0.15, -0.1) is 24.0 Å². The molecule has 0 radical (unpaired) electrons. The summed E-state index contributed by atoms with van der Waals surface area (Å²) in [7, 11) is 1.77. The minimum atomic E-state index is 0. The number of hydrogen-bond acceptors (Lipinski definition) is 4. The molecule has 1 aliphatic heterocycles. The smallest absolute Gasteiger partial charge is 0.250 e. The minimum Gasteiger partial charge on any atom is -0.379 e. The normalized spacial score (nSPS) is 16.6. The summed E-state index contributed by atoms with van der Waals surface area (Å²) in [6.07, 6.45) is 5.43. The number of hydrogen-bond donors (Lipinski definition) is 2. The summed E-state index contributed by atoms with van der Waals surface area (Å²) < 4.78 is 13.0. The van der Waals surface area contributed by atoms with Crippen molar-refractivity contribution < 1.29 is 9.47 Å². The predicted molar refractivity (Wildman–Crippen MR) is 124 cm³/mol. The Hall–Kier alpha value is -1.13. The Bertz CT molecular complexity index is 630. The number of ether oxygens (including phenoxy) is 2. The third kappa shape index (κ3) is 9.38. The quantitative estimate of drug-likeness (QED) is 0.209. The standard InChI is InChI=1S/C20H34N4O3.HI/c1-17-8-5-10-19(25)24(17)13-4-3-11-22-20(21-2)23-12-7-14-26-16-18-9-6-15-27-18;/h5,8,10,18H,3-4,6-7,9,11-16H2,1-2H3,(H2,21,22,23);1H. The second-order valence-corrected chi connectivity index (χ2v) is 6.85. The first-order valence-electron chi connectivity index (χ1n) is 10.0. The van der Waals surface area contributed by atoms with E-state index in [-0.39, 0.29) is 29.5 Å². The van der Waals surface area contributed by atoms with Gasteiger partial charge in [-0.2, -0.15) is 0 Å². The zero-order valence-corrected chi connectivity index (χ0v) is 19.4. The van der Waals surface area contributed by atoms with Gasteiger partial charge < -0.3 is 24.7 Å². The number of aryl methyl sites for hydroxylation is 1. The van der Waals surface area contributed by atoms with E-state index in [9.17, 15) is 4.79 Å². The zero-order valence-electron chi connectivity index (χ0n) is 17.1. The van der Waals surface area contributed by atoms with Crippen LogP contribution >= 0.6 is 24.0 Å². The summed E-state index contributed by atoms with van der Waals surface area (Å²) in [4.78, 5) is 16.1. The van der Waals surface area contributed by atoms with E-state index in [1.807, 2.05) is 17.6 Å². The Morgan fingerprint density at radius 1 is 1.29 bits per heavy atom. The zero-order chi connectivity index (χ0) is 19.3. The topological polar surface area (TPSA) is 76.9 Å². The van der Waals surface area contributed by atoms with Crippen molar-refractivity contribution in [3.63, 3.8) is 0 Å². The van der Waals surface area contributed by atoms with Gasteiger partial charge in [0.2, 0.25) is 0 Å². The van der Waals surface area contributed by atoms with Gasteiger partial charge >= 0.3 is 0 Å². The van der Waals surface area contributed by atoms with Crippen LogP contribution in [-0.4, -0.2) is 56.6 Å². The molecule has 1 aromatic rings. The first kappa shape index (κ1) is 24.9. The molecule has 2 N–H and O–H groups in total. The number of pyridine rings is 1. The molecule has 2 heterocycles. The average Bonchev–Trinajstić information content (AvgIpc) is 3.18. The molecule has 28 heavy (non-hydrogen) atoms. The van der Waals surface area contributed by atoms with Crippen LogP contribution in [0.25, 0.3) is 0 Å². The van der Waals surface area contributed by atoms with E-state index in [1.165, 1.54) is 0 Å². The van der Waals surface area contributed by atoms with Crippen molar-refractivity contribution in [2.75, 3.05) is 40.0 Å². The van der Waals surface area contributed by atoms with Gasteiger partial charge in [0.25, 0.3) is 5.56 Å². The number of nitrogens with zero attached hydrogens (tertiary/aromatic N) is 2. The number of aliphatic imine (C=N–C) groups is 1. The first-order valence-corrected chi connectivity index (χ1v) is 10.0. The summed E-state index contributed by atoms with van der Waals surface area (Å²) in [5.41, 5.74) is 1.08. The van der Waals surface area contributed by atoms with E-state index in [2.05, 4.69) is 15.6 Å². The fourth-order valence-electron chi connectivity index (χ4n) is 3.10. The Balaban J connectivity index is 0.00000392. The molecule has 0 aliphatic carbocycles. The maximum atomic E-state index is 11.8. The molecule has 1 atom stereocenters. The van der Waals surface area contributed by atoms with E-state index >= 15 is 0 Å². The molecule has 0 amide bonds. The van der Waals surface area contributed by atoms with Gasteiger partial charge in [-0.1, -0.05) is 6.07 Å². The van der Waals surface area contributed by atoms with Crippen LogP contribution in [0.3, 0.4) is 0 Å². The van der Waals surface area contributed by atoms with Gasteiger partial charge in [0, 0.05) is 51.7 Å². The van der Waals surface area contributed by atoms with E-state index in [1.54, 1.807) is 19.2 Å². The lowest BCUT2D eigenvalue weighted by molar-refractivity contribution is 0.0168. The second-order valence-electron chi connectivity index (χ2n) is 6.85. The highest BCUT2D eigenvalue weighted by Crippen LogP contribution is 2.11. The Morgan fingerprint density at radius 3 is 2.75 bits per heavy atom. The molecule has 1 unspecified atom stereocenters. The van der Waals surface area contributed by atoms with Gasteiger partial charge in [-0.25, -0.2) is 0 Å². The number of rotatable bonds is 11. The van der Waals surface area contributed by atoms with Crippen molar-refractivity contribution in [1.82, 2.24) is 15.2 Å². The second kappa shape index (κ2) is 14.8. The number of unbranched alkanes of at least 4 members (excludes halogenated alkanes) is 1. The Morgan fingerprint density at radius 2 is 2.07 bits per heavy atom. The van der Waals surface area contributed by atoms with Crippen molar-refractivity contribution in [3.8, 4) is 0 Å². The van der Waals surface area contributed by atoms with Crippen LogP contribution in [-0.2, 0) is 16.0 Å². The van der Waals surface area contributed by atoms with Gasteiger partial charge in [-0.3, -0.25) is 9.79 Å². The molecule has 1 aliphatic rings. The van der Waals surface area contributed by atoms with Crippen LogP contribution in [0, 0.1) is 6.92 Å². The number of guanidine groups is 1. The van der Waals surface area contributed by atoms with Crippen molar-refractivity contribution in [1.29, 1.82) is 0 Å². The van der Waals surface area contributed by atoms with Gasteiger partial charge in [0.15, 0.2) is 5.96 Å². The van der Waals surface area contributed by atoms with Gasteiger partial charge in [0.05, 0.1) is 12.7 Å². The molecular weight excluding hydrogens is 471 g/mol. The van der Waals surface area contributed by atoms with Crippen molar-refractivity contribution in [2.24, 2.45) is 4.99 Å². The Labute approximate surface area is 185 Å². The highest BCUT2D eigenvalue weighted by Gasteiger charge is 2.14. The summed E-state index contributed by atoms with van der Waals surface area (Å²) in [5.74, 6) is 0.808. The van der Waals surface area contributed by atoms with Gasteiger partial charge in [-0.05, 0) is 45.1 Å². The molecule has 1 aromatic heterocycles. The molecule has 160 valence electrons. The van der Waals surface area contributed by atoms with E-state index in [4.69, 9.17) is 9.47 Å². The predicted octanol–water partition coefficient (Wildman–Crippen LogP) is 2.31. The molecule has 0 saturated carbocycles. The minimum absolute atomic E-state index is 0. The summed E-state index contributed by atoms with van der Waals surface area (Å²) in [5, 5.41) is 6.61. The summed E-state index contributed by atoms with van der Waals surface area (Å²) in [6.45, 7) is 6.68. The van der Waals surface area contributed by atoms with Crippen molar-refractivity contribution in [3.05, 3.63) is 34.2 Å². The fraction of sp³-hybridized carbons (Fsp3) is 0.700. The molecule has 0 bridgehead atoms.